The van der Waals surface area contributed by atoms with E-state index in [1.807, 2.05) is 78.9 Å². The highest BCUT2D eigenvalue weighted by Crippen LogP contribution is 2.25. The van der Waals surface area contributed by atoms with Crippen LogP contribution in [0.5, 0.6) is 5.75 Å². The van der Waals surface area contributed by atoms with Crippen molar-refractivity contribution in [2.75, 3.05) is 12.9 Å². The van der Waals surface area contributed by atoms with Gasteiger partial charge in [0.15, 0.2) is 5.16 Å². The zero-order valence-electron chi connectivity index (χ0n) is 18.5. The first-order chi connectivity index (χ1) is 16.6. The minimum atomic E-state index is -0.211. The number of nitrogens with one attached hydrogen (secondary N) is 1. The van der Waals surface area contributed by atoms with Crippen molar-refractivity contribution in [2.45, 2.75) is 11.7 Å². The molecule has 0 atom stereocenters. The number of allylic oxidation sites excluding steroid dienone is 1. The molecule has 6 nitrogen and oxygen atoms in total. The van der Waals surface area contributed by atoms with E-state index in [1.165, 1.54) is 18.0 Å². The molecule has 0 aliphatic rings. The third-order valence-electron chi connectivity index (χ3n) is 4.97. The second-order valence-electron chi connectivity index (χ2n) is 7.30. The Hall–Kier alpha value is -3.55. The van der Waals surface area contributed by atoms with Gasteiger partial charge in [0.25, 0.3) is 5.91 Å². The van der Waals surface area contributed by atoms with E-state index >= 15 is 0 Å². The van der Waals surface area contributed by atoms with Gasteiger partial charge in [-0.05, 0) is 48.0 Å². The number of carbonyl (C=O) groups excluding carboxylic acids is 1. The molecule has 0 radical (unpaired) electrons. The summed E-state index contributed by atoms with van der Waals surface area (Å²) in [5.41, 5.74) is 6.48. The first-order valence-corrected chi connectivity index (χ1v) is 11.9. The predicted octanol–water partition coefficient (Wildman–Crippen LogP) is 5.65. The van der Waals surface area contributed by atoms with Crippen LogP contribution in [-0.2, 0) is 11.3 Å². The summed E-state index contributed by atoms with van der Waals surface area (Å²) in [7, 11) is 1.63. The maximum atomic E-state index is 12.3. The Bertz CT molecular complexity index is 1330. The number of hydrogen-bond acceptors (Lipinski definition) is 5. The first kappa shape index (κ1) is 23.6. The third kappa shape index (κ3) is 6.07. The van der Waals surface area contributed by atoms with E-state index in [9.17, 15) is 4.79 Å². The third-order valence-corrected chi connectivity index (χ3v) is 6.20. The van der Waals surface area contributed by atoms with E-state index in [-0.39, 0.29) is 11.7 Å². The summed E-state index contributed by atoms with van der Waals surface area (Å²) in [5.74, 6) is 0.753. The largest absolute Gasteiger partial charge is 0.496 e. The number of rotatable bonds is 9. The molecular formula is C26H23ClN4O2S. The van der Waals surface area contributed by atoms with Gasteiger partial charge in [-0.1, -0.05) is 65.8 Å². The number of ether oxygens (including phenoxy) is 1. The molecule has 172 valence electrons. The number of fused-ring (bicyclic) bond motifs is 1. The molecule has 34 heavy (non-hydrogen) atoms. The Kier molecular flexibility index (Phi) is 8.01. The van der Waals surface area contributed by atoms with Crippen molar-refractivity contribution in [1.29, 1.82) is 0 Å². The smallest absolute Gasteiger partial charge is 0.250 e. The van der Waals surface area contributed by atoms with Gasteiger partial charge in [-0.2, -0.15) is 5.10 Å². The quantitative estimate of drug-likeness (QED) is 0.187. The molecule has 1 amide bonds. The summed E-state index contributed by atoms with van der Waals surface area (Å²) in [5, 5.41) is 5.46. The summed E-state index contributed by atoms with van der Waals surface area (Å²) in [6, 6.07) is 23.3. The van der Waals surface area contributed by atoms with Crippen molar-refractivity contribution in [1.82, 2.24) is 15.0 Å². The van der Waals surface area contributed by atoms with Crippen LogP contribution in [0.1, 0.15) is 11.1 Å². The second kappa shape index (κ2) is 11.5. The van der Waals surface area contributed by atoms with Crippen LogP contribution in [0.2, 0.25) is 5.02 Å². The predicted molar refractivity (Wildman–Crippen MR) is 140 cm³/mol. The number of amides is 1. The number of hydrogen-bond donors (Lipinski definition) is 1. The summed E-state index contributed by atoms with van der Waals surface area (Å²) >= 11 is 7.40. The molecule has 1 aromatic heterocycles. The van der Waals surface area contributed by atoms with Crippen LogP contribution < -0.4 is 10.2 Å². The highest BCUT2D eigenvalue weighted by atomic mass is 35.5. The fourth-order valence-corrected chi connectivity index (χ4v) is 4.29. The van der Waals surface area contributed by atoms with Crippen molar-refractivity contribution in [3.05, 3.63) is 95.0 Å². The minimum absolute atomic E-state index is 0.192. The van der Waals surface area contributed by atoms with E-state index in [2.05, 4.69) is 15.1 Å². The summed E-state index contributed by atoms with van der Waals surface area (Å²) in [4.78, 5) is 17.0. The normalized spacial score (nSPS) is 11.5. The number of benzene rings is 3. The van der Waals surface area contributed by atoms with Crippen molar-refractivity contribution in [3.63, 3.8) is 0 Å². The SMILES string of the molecule is COc1ccccc1/C=C/C=N\NC(=O)CSc1nc2ccccc2n1Cc1ccc(Cl)cc1. The van der Waals surface area contributed by atoms with E-state index < -0.39 is 0 Å². The van der Waals surface area contributed by atoms with Gasteiger partial charge in [0.05, 0.1) is 30.4 Å². The maximum absolute atomic E-state index is 12.3. The molecule has 1 N–H and O–H groups in total. The van der Waals surface area contributed by atoms with Gasteiger partial charge >= 0.3 is 0 Å². The van der Waals surface area contributed by atoms with Crippen LogP contribution in [-0.4, -0.2) is 34.5 Å². The molecule has 0 bridgehead atoms. The van der Waals surface area contributed by atoms with Gasteiger partial charge < -0.3 is 9.30 Å². The van der Waals surface area contributed by atoms with Crippen LogP contribution in [0.4, 0.5) is 0 Å². The van der Waals surface area contributed by atoms with E-state index in [0.717, 1.165) is 33.1 Å². The Morgan fingerprint density at radius 2 is 1.88 bits per heavy atom. The Morgan fingerprint density at radius 1 is 1.12 bits per heavy atom. The second-order valence-corrected chi connectivity index (χ2v) is 8.68. The van der Waals surface area contributed by atoms with Crippen LogP contribution in [0.25, 0.3) is 17.1 Å². The van der Waals surface area contributed by atoms with Crippen LogP contribution >= 0.6 is 23.4 Å². The summed E-state index contributed by atoms with van der Waals surface area (Å²) in [6.45, 7) is 0.632. The number of methoxy groups -OCH3 is 1. The molecule has 0 saturated heterocycles. The van der Waals surface area contributed by atoms with Gasteiger partial charge in [0.2, 0.25) is 0 Å². The summed E-state index contributed by atoms with van der Waals surface area (Å²) in [6.07, 6.45) is 5.14. The van der Waals surface area contributed by atoms with E-state index in [0.29, 0.717) is 11.6 Å². The maximum Gasteiger partial charge on any atom is 0.250 e. The molecule has 1 heterocycles. The highest BCUT2D eigenvalue weighted by Gasteiger charge is 2.13. The fourth-order valence-electron chi connectivity index (χ4n) is 3.35. The number of para-hydroxylation sites is 3. The molecule has 0 aliphatic heterocycles. The fraction of sp³-hybridized carbons (Fsp3) is 0.115. The van der Waals surface area contributed by atoms with Crippen molar-refractivity contribution >= 4 is 52.6 Å². The molecular weight excluding hydrogens is 468 g/mol. The zero-order chi connectivity index (χ0) is 23.8. The number of carbonyl (C=O) groups is 1. The highest BCUT2D eigenvalue weighted by molar-refractivity contribution is 7.99. The van der Waals surface area contributed by atoms with Crippen LogP contribution in [0.15, 0.2) is 89.1 Å². The average Bonchev–Trinajstić information content (AvgIpc) is 3.21. The Morgan fingerprint density at radius 3 is 2.71 bits per heavy atom. The van der Waals surface area contributed by atoms with E-state index in [4.69, 9.17) is 21.3 Å². The molecule has 4 rings (SSSR count). The standard InChI is InChI=1S/C26H23ClN4O2S/c1-33-24-11-5-2-7-20(24)8-6-16-28-30-25(32)18-34-26-29-22-9-3-4-10-23(22)31(26)17-19-12-14-21(27)15-13-19/h2-16H,17-18H2,1H3,(H,30,32)/b8-6+,28-16-. The van der Waals surface area contributed by atoms with Gasteiger partial charge in [-0.15, -0.1) is 0 Å². The first-order valence-electron chi connectivity index (χ1n) is 10.6. The van der Waals surface area contributed by atoms with Gasteiger partial charge in [0.1, 0.15) is 5.75 Å². The topological polar surface area (TPSA) is 68.5 Å². The molecule has 0 aliphatic carbocycles. The molecule has 0 fully saturated rings. The molecule has 8 heteroatoms. The molecule has 3 aromatic carbocycles. The van der Waals surface area contributed by atoms with Crippen molar-refractivity contribution in [3.8, 4) is 5.75 Å². The van der Waals surface area contributed by atoms with Gasteiger partial charge in [-0.25, -0.2) is 10.4 Å². The zero-order valence-corrected chi connectivity index (χ0v) is 20.1. The lowest BCUT2D eigenvalue weighted by Gasteiger charge is -2.09. The van der Waals surface area contributed by atoms with Crippen LogP contribution in [0.3, 0.4) is 0 Å². The number of hydrazone groups is 1. The molecule has 4 aromatic rings. The number of imidazole rings is 1. The monoisotopic (exact) mass is 490 g/mol. The molecule has 0 unspecified atom stereocenters. The average molecular weight is 491 g/mol. The lowest BCUT2D eigenvalue weighted by Crippen LogP contribution is -2.19. The molecule has 0 spiro atoms. The number of nitrogens with zero attached hydrogens (tertiary/aromatic N) is 3. The minimum Gasteiger partial charge on any atom is -0.496 e. The summed E-state index contributed by atoms with van der Waals surface area (Å²) < 4.78 is 7.41. The van der Waals surface area contributed by atoms with E-state index in [1.54, 1.807) is 13.2 Å². The van der Waals surface area contributed by atoms with Gasteiger partial charge in [-0.3, -0.25) is 4.79 Å². The Labute approximate surface area is 207 Å². The van der Waals surface area contributed by atoms with Gasteiger partial charge in [0, 0.05) is 16.8 Å². The van der Waals surface area contributed by atoms with Crippen molar-refractivity contribution < 1.29 is 9.53 Å². The lowest BCUT2D eigenvalue weighted by molar-refractivity contribution is -0.118. The molecule has 0 saturated carbocycles. The number of aromatic nitrogens is 2. The number of halogens is 1. The Balaban J connectivity index is 1.38. The lowest BCUT2D eigenvalue weighted by atomic mass is 10.2. The van der Waals surface area contributed by atoms with Crippen LogP contribution in [0, 0.1) is 0 Å². The van der Waals surface area contributed by atoms with Crippen molar-refractivity contribution in [2.24, 2.45) is 5.10 Å². The number of thioether (sulfide) groups is 1.